The minimum absolute atomic E-state index is 0.000638. The third kappa shape index (κ3) is 5.34. The monoisotopic (exact) mass is 434 g/mol. The Morgan fingerprint density at radius 3 is 2.90 bits per heavy atom. The van der Waals surface area contributed by atoms with E-state index in [0.29, 0.717) is 28.1 Å². The van der Waals surface area contributed by atoms with Gasteiger partial charge in [-0.2, -0.15) is 0 Å². The first-order valence-corrected chi connectivity index (χ1v) is 11.4. The molecule has 0 aliphatic carbocycles. The van der Waals surface area contributed by atoms with Crippen molar-refractivity contribution in [3.63, 3.8) is 0 Å². The van der Waals surface area contributed by atoms with Gasteiger partial charge in [-0.25, -0.2) is 0 Å². The molecule has 1 fully saturated rings. The maximum absolute atomic E-state index is 13.0. The maximum atomic E-state index is 13.0. The Hall–Kier alpha value is -1.99. The fourth-order valence-electron chi connectivity index (χ4n) is 3.69. The van der Waals surface area contributed by atoms with Crippen LogP contribution < -0.4 is 5.32 Å². The third-order valence-corrected chi connectivity index (χ3v) is 6.44. The van der Waals surface area contributed by atoms with Crippen molar-refractivity contribution in [3.05, 3.63) is 29.3 Å². The van der Waals surface area contributed by atoms with Gasteiger partial charge in [-0.15, -0.1) is 10.2 Å². The van der Waals surface area contributed by atoms with Crippen LogP contribution in [-0.4, -0.2) is 39.5 Å². The topological polar surface area (TPSA) is 75.2 Å². The lowest BCUT2D eigenvalue weighted by Gasteiger charge is -2.27. The van der Waals surface area contributed by atoms with Gasteiger partial charge in [0.2, 0.25) is 16.9 Å². The number of anilines is 1. The fourth-order valence-corrected chi connectivity index (χ4v) is 4.62. The number of aromatic nitrogens is 2. The summed E-state index contributed by atoms with van der Waals surface area (Å²) in [7, 11) is 0. The molecule has 29 heavy (non-hydrogen) atoms. The summed E-state index contributed by atoms with van der Waals surface area (Å²) >= 11 is 7.33. The van der Waals surface area contributed by atoms with Crippen molar-refractivity contribution < 1.29 is 9.59 Å². The predicted molar refractivity (Wildman–Crippen MR) is 117 cm³/mol. The molecule has 2 heterocycles. The van der Waals surface area contributed by atoms with Crippen LogP contribution in [0.4, 0.5) is 5.13 Å². The Kier molecular flexibility index (Phi) is 7.61. The van der Waals surface area contributed by atoms with E-state index in [2.05, 4.69) is 22.4 Å². The SMILES string of the molecule is CCCCC(CC)C(=O)N1CCCC1C(=O)Nc1nnc(-c2cccc(Cl)c2)s1. The third-order valence-electron chi connectivity index (χ3n) is 5.31. The van der Waals surface area contributed by atoms with Crippen LogP contribution in [-0.2, 0) is 9.59 Å². The van der Waals surface area contributed by atoms with Crippen molar-refractivity contribution in [2.75, 3.05) is 11.9 Å². The Bertz CT molecular complexity index is 857. The van der Waals surface area contributed by atoms with Crippen LogP contribution in [0.3, 0.4) is 0 Å². The first-order valence-electron chi connectivity index (χ1n) is 10.2. The Morgan fingerprint density at radius 2 is 2.17 bits per heavy atom. The molecule has 3 rings (SSSR count). The smallest absolute Gasteiger partial charge is 0.249 e. The van der Waals surface area contributed by atoms with Gasteiger partial charge < -0.3 is 4.90 Å². The molecule has 2 aromatic rings. The zero-order valence-electron chi connectivity index (χ0n) is 16.9. The number of carbonyl (C=O) groups excluding carboxylic acids is 2. The number of nitrogens with zero attached hydrogens (tertiary/aromatic N) is 3. The molecule has 156 valence electrons. The summed E-state index contributed by atoms with van der Waals surface area (Å²) in [6.07, 6.45) is 5.32. The van der Waals surface area contributed by atoms with E-state index in [-0.39, 0.29) is 17.7 Å². The summed E-state index contributed by atoms with van der Waals surface area (Å²) in [5, 5.41) is 12.8. The second kappa shape index (κ2) is 10.2. The average Bonchev–Trinajstić information content (AvgIpc) is 3.38. The molecule has 0 saturated carbocycles. The van der Waals surface area contributed by atoms with Crippen LogP contribution in [0.25, 0.3) is 10.6 Å². The average molecular weight is 435 g/mol. The Labute approximate surface area is 180 Å². The summed E-state index contributed by atoms with van der Waals surface area (Å²) < 4.78 is 0. The second-order valence-electron chi connectivity index (χ2n) is 7.35. The van der Waals surface area contributed by atoms with E-state index in [9.17, 15) is 9.59 Å². The summed E-state index contributed by atoms with van der Waals surface area (Å²) in [5.74, 6) is -0.0789. The zero-order chi connectivity index (χ0) is 20.8. The van der Waals surface area contributed by atoms with Crippen LogP contribution >= 0.6 is 22.9 Å². The largest absolute Gasteiger partial charge is 0.330 e. The summed E-state index contributed by atoms with van der Waals surface area (Å²) in [6.45, 7) is 4.81. The highest BCUT2D eigenvalue weighted by molar-refractivity contribution is 7.18. The number of nitrogens with one attached hydrogen (secondary N) is 1. The molecule has 1 saturated heterocycles. The van der Waals surface area contributed by atoms with E-state index in [0.717, 1.165) is 37.7 Å². The van der Waals surface area contributed by atoms with Gasteiger partial charge in [-0.3, -0.25) is 14.9 Å². The maximum Gasteiger partial charge on any atom is 0.249 e. The van der Waals surface area contributed by atoms with Gasteiger partial charge >= 0.3 is 0 Å². The van der Waals surface area contributed by atoms with Gasteiger partial charge in [0.1, 0.15) is 11.0 Å². The Morgan fingerprint density at radius 1 is 1.34 bits per heavy atom. The number of rotatable bonds is 8. The molecule has 0 radical (unpaired) electrons. The van der Waals surface area contributed by atoms with Crippen molar-refractivity contribution in [1.82, 2.24) is 15.1 Å². The minimum atomic E-state index is -0.434. The summed E-state index contributed by atoms with van der Waals surface area (Å²) in [4.78, 5) is 27.6. The quantitative estimate of drug-likeness (QED) is 0.634. The van der Waals surface area contributed by atoms with E-state index in [1.54, 1.807) is 11.0 Å². The van der Waals surface area contributed by atoms with Gasteiger partial charge in [-0.1, -0.05) is 61.8 Å². The van der Waals surface area contributed by atoms with Crippen molar-refractivity contribution in [2.45, 2.75) is 58.4 Å². The number of benzene rings is 1. The lowest BCUT2D eigenvalue weighted by molar-refractivity contribution is -0.140. The fraction of sp³-hybridized carbons (Fsp3) is 0.524. The predicted octanol–water partition coefficient (Wildman–Crippen LogP) is 5.00. The number of hydrogen-bond donors (Lipinski definition) is 1. The van der Waals surface area contributed by atoms with E-state index < -0.39 is 6.04 Å². The van der Waals surface area contributed by atoms with Gasteiger partial charge in [0, 0.05) is 23.0 Å². The first kappa shape index (κ1) is 21.7. The first-order chi connectivity index (χ1) is 14.0. The van der Waals surface area contributed by atoms with Crippen molar-refractivity contribution >= 4 is 39.9 Å². The molecular formula is C21H27ClN4O2S. The van der Waals surface area contributed by atoms with Gasteiger partial charge in [0.15, 0.2) is 0 Å². The summed E-state index contributed by atoms with van der Waals surface area (Å²) in [6, 6.07) is 6.92. The molecule has 0 spiro atoms. The Balaban J connectivity index is 1.66. The number of likely N-dealkylation sites (tertiary alicyclic amines) is 1. The molecule has 2 atom stereocenters. The minimum Gasteiger partial charge on any atom is -0.330 e. The van der Waals surface area contributed by atoms with E-state index >= 15 is 0 Å². The molecule has 0 bridgehead atoms. The van der Waals surface area contributed by atoms with E-state index in [4.69, 9.17) is 11.6 Å². The number of halogens is 1. The van der Waals surface area contributed by atoms with Gasteiger partial charge in [0.05, 0.1) is 0 Å². The highest BCUT2D eigenvalue weighted by atomic mass is 35.5. The number of hydrogen-bond acceptors (Lipinski definition) is 5. The molecule has 8 heteroatoms. The molecule has 1 N–H and O–H groups in total. The highest BCUT2D eigenvalue weighted by Gasteiger charge is 2.36. The molecule has 2 unspecified atom stereocenters. The van der Waals surface area contributed by atoms with Crippen LogP contribution in [0, 0.1) is 5.92 Å². The van der Waals surface area contributed by atoms with Crippen molar-refractivity contribution in [3.8, 4) is 10.6 Å². The molecule has 1 aromatic heterocycles. The number of carbonyl (C=O) groups is 2. The van der Waals surface area contributed by atoms with E-state index in [1.807, 2.05) is 25.1 Å². The van der Waals surface area contributed by atoms with Gasteiger partial charge in [-0.05, 0) is 37.8 Å². The summed E-state index contributed by atoms with van der Waals surface area (Å²) in [5.41, 5.74) is 0.856. The van der Waals surface area contributed by atoms with Crippen LogP contribution in [0.2, 0.25) is 5.02 Å². The van der Waals surface area contributed by atoms with E-state index in [1.165, 1.54) is 11.3 Å². The molecule has 1 aliphatic rings. The van der Waals surface area contributed by atoms with Gasteiger partial charge in [0.25, 0.3) is 0 Å². The second-order valence-corrected chi connectivity index (χ2v) is 8.76. The standard InChI is InChI=1S/C21H27ClN4O2S/c1-3-5-8-14(4-2)20(28)26-12-7-11-17(26)18(27)23-21-25-24-19(29-21)15-9-6-10-16(22)13-15/h6,9-10,13-14,17H,3-5,7-8,11-12H2,1-2H3,(H,23,25,27). The molecular weight excluding hydrogens is 408 g/mol. The number of amides is 2. The lowest BCUT2D eigenvalue weighted by atomic mass is 9.97. The molecule has 2 amide bonds. The molecule has 1 aromatic carbocycles. The zero-order valence-corrected chi connectivity index (χ0v) is 18.4. The van der Waals surface area contributed by atoms with Crippen LogP contribution in [0.1, 0.15) is 52.4 Å². The lowest BCUT2D eigenvalue weighted by Crippen LogP contribution is -2.45. The molecule has 6 nitrogen and oxygen atoms in total. The number of unbranched alkanes of at least 4 members (excludes halogenated alkanes) is 1. The normalized spacial score (nSPS) is 17.3. The molecule has 1 aliphatic heterocycles. The van der Waals surface area contributed by atoms with Crippen molar-refractivity contribution in [2.24, 2.45) is 5.92 Å². The highest BCUT2D eigenvalue weighted by Crippen LogP contribution is 2.29. The van der Waals surface area contributed by atoms with Crippen LogP contribution in [0.5, 0.6) is 0 Å². The van der Waals surface area contributed by atoms with Crippen LogP contribution in [0.15, 0.2) is 24.3 Å². The van der Waals surface area contributed by atoms with Crippen molar-refractivity contribution in [1.29, 1.82) is 0 Å².